The molecule has 0 aliphatic rings. The van der Waals surface area contributed by atoms with E-state index in [-0.39, 0.29) is 0 Å². The van der Waals surface area contributed by atoms with E-state index in [1.807, 2.05) is 0 Å². The Bertz CT molecular complexity index is 4020. The normalized spacial score (nSPS) is 11.9. The van der Waals surface area contributed by atoms with Crippen LogP contribution < -0.4 is 9.80 Å². The fourth-order valence-corrected chi connectivity index (χ4v) is 11.0. The summed E-state index contributed by atoms with van der Waals surface area (Å²) in [6.45, 7) is 4.28. The highest BCUT2D eigenvalue weighted by atomic mass is 16.3. The van der Waals surface area contributed by atoms with Gasteiger partial charge in [0.25, 0.3) is 0 Å². The lowest BCUT2D eigenvalue weighted by Gasteiger charge is -2.29. The van der Waals surface area contributed by atoms with Gasteiger partial charge in [-0.2, -0.15) is 0 Å². The summed E-state index contributed by atoms with van der Waals surface area (Å²) in [5.41, 5.74) is 16.5. The first kappa shape index (κ1) is 40.0. The SMILES string of the molecule is Cc1ccc(N(c2ccc3ccc4c(N(c5ccc(C)cc5)c5cccc6c5oc5c(-c7ccccc7)cccc56)ccc5ccc2c3c54)c2cccc3c2oc2c(-c4ccccc4)cccc23)cc1. The van der Waals surface area contributed by atoms with Crippen LogP contribution in [0.2, 0.25) is 0 Å². The lowest BCUT2D eigenvalue weighted by Crippen LogP contribution is -2.12. The average Bonchev–Trinajstić information content (AvgIpc) is 4.00. The van der Waals surface area contributed by atoms with E-state index in [1.54, 1.807) is 0 Å². The van der Waals surface area contributed by atoms with Crippen LogP contribution in [0.1, 0.15) is 11.1 Å². The quantitative estimate of drug-likeness (QED) is 0.142. The van der Waals surface area contributed by atoms with Gasteiger partial charge < -0.3 is 18.6 Å². The van der Waals surface area contributed by atoms with Gasteiger partial charge in [-0.05, 0) is 95.1 Å². The van der Waals surface area contributed by atoms with Crippen molar-refractivity contribution in [3.8, 4) is 22.3 Å². The smallest absolute Gasteiger partial charge is 0.159 e. The molecule has 4 heteroatoms. The summed E-state index contributed by atoms with van der Waals surface area (Å²) in [6, 6.07) is 83.1. The van der Waals surface area contributed by atoms with E-state index in [9.17, 15) is 0 Å². The number of fused-ring (bicyclic) bond motifs is 6. The van der Waals surface area contributed by atoms with Gasteiger partial charge in [-0.15, -0.1) is 0 Å². The standard InChI is InChI=1S/C66H44N2O2/c1-41-25-33-47(34-26-41)67(59-23-11-21-53-51-19-9-17-49(63(51)69-65(53)59)43-13-5-3-6-14-43)57-39-31-45-30-38-56-58(40-32-46-29-37-55(57)61(45)62(46)56)68(48-35-27-42(2)28-36-48)60-24-12-22-54-52-20-10-18-50(64(52)70-66(54)60)44-15-7-4-8-16-44/h3-40H,1-2H3. The highest BCUT2D eigenvalue weighted by Crippen LogP contribution is 2.51. The van der Waals surface area contributed by atoms with Crippen molar-refractivity contribution < 1.29 is 8.83 Å². The number of nitrogens with zero attached hydrogens (tertiary/aromatic N) is 2. The number of benzene rings is 12. The van der Waals surface area contributed by atoms with Crippen molar-refractivity contribution >= 4 is 110 Å². The lowest BCUT2D eigenvalue weighted by atomic mass is 9.91. The van der Waals surface area contributed by atoms with Gasteiger partial charge in [-0.25, -0.2) is 0 Å². The van der Waals surface area contributed by atoms with Crippen LogP contribution in [0, 0.1) is 13.8 Å². The third-order valence-corrected chi connectivity index (χ3v) is 14.3. The second-order valence-corrected chi connectivity index (χ2v) is 18.5. The zero-order valence-electron chi connectivity index (χ0n) is 38.7. The molecule has 0 bridgehead atoms. The predicted molar refractivity (Wildman–Crippen MR) is 294 cm³/mol. The summed E-state index contributed by atoms with van der Waals surface area (Å²) in [6.07, 6.45) is 0. The van der Waals surface area contributed by atoms with E-state index >= 15 is 0 Å². The topological polar surface area (TPSA) is 32.8 Å². The molecule has 0 unspecified atom stereocenters. The third kappa shape index (κ3) is 6.16. The molecule has 14 aromatic rings. The molecule has 0 atom stereocenters. The Morgan fingerprint density at radius 3 is 1.06 bits per heavy atom. The number of hydrogen-bond acceptors (Lipinski definition) is 4. The minimum atomic E-state index is 0.846. The number of furan rings is 2. The van der Waals surface area contributed by atoms with Gasteiger partial charge >= 0.3 is 0 Å². The molecular formula is C66H44N2O2. The first-order valence-corrected chi connectivity index (χ1v) is 24.0. The molecule has 0 saturated heterocycles. The van der Waals surface area contributed by atoms with Crippen LogP contribution in [0.25, 0.3) is 98.4 Å². The van der Waals surface area contributed by atoms with Crippen LogP contribution >= 0.6 is 0 Å². The van der Waals surface area contributed by atoms with Crippen molar-refractivity contribution in [3.63, 3.8) is 0 Å². The molecule has 70 heavy (non-hydrogen) atoms. The maximum Gasteiger partial charge on any atom is 0.159 e. The summed E-state index contributed by atoms with van der Waals surface area (Å²) in [4.78, 5) is 4.79. The molecule has 0 saturated carbocycles. The number of rotatable bonds is 8. The van der Waals surface area contributed by atoms with Gasteiger partial charge in [-0.1, -0.05) is 193 Å². The Hall–Kier alpha value is -9.12. The Balaban J connectivity index is 1.01. The van der Waals surface area contributed by atoms with Gasteiger partial charge in [0, 0.05) is 54.8 Å². The predicted octanol–water partition coefficient (Wildman–Crippen LogP) is 19.3. The molecule has 0 aliphatic carbocycles. The molecule has 14 rings (SSSR count). The molecular weight excluding hydrogens is 853 g/mol. The zero-order chi connectivity index (χ0) is 46.5. The third-order valence-electron chi connectivity index (χ3n) is 14.3. The molecule has 12 aromatic carbocycles. The minimum Gasteiger partial charge on any atom is -0.453 e. The highest BCUT2D eigenvalue weighted by Gasteiger charge is 2.26. The number of anilines is 6. The first-order valence-electron chi connectivity index (χ1n) is 24.0. The number of hydrogen-bond donors (Lipinski definition) is 0. The molecule has 0 radical (unpaired) electrons. The first-order chi connectivity index (χ1) is 34.6. The molecule has 330 valence electrons. The summed E-state index contributed by atoms with van der Waals surface area (Å²) >= 11 is 0. The molecule has 0 N–H and O–H groups in total. The van der Waals surface area contributed by atoms with Crippen LogP contribution in [0.5, 0.6) is 0 Å². The molecule has 2 heterocycles. The second kappa shape index (κ2) is 15.7. The van der Waals surface area contributed by atoms with E-state index in [0.717, 1.165) is 111 Å². The van der Waals surface area contributed by atoms with E-state index in [1.165, 1.54) is 32.7 Å². The highest BCUT2D eigenvalue weighted by molar-refractivity contribution is 6.29. The summed E-state index contributed by atoms with van der Waals surface area (Å²) in [5, 5.41) is 11.5. The molecule has 0 amide bonds. The largest absolute Gasteiger partial charge is 0.453 e. The van der Waals surface area contributed by atoms with Gasteiger partial charge in [0.2, 0.25) is 0 Å². The average molecular weight is 897 g/mol. The molecule has 0 fully saturated rings. The minimum absolute atomic E-state index is 0.846. The lowest BCUT2D eigenvalue weighted by molar-refractivity contribution is 0.670. The van der Waals surface area contributed by atoms with Gasteiger partial charge in [0.15, 0.2) is 11.2 Å². The fourth-order valence-electron chi connectivity index (χ4n) is 11.0. The number of para-hydroxylation sites is 4. The van der Waals surface area contributed by atoms with Crippen molar-refractivity contribution in [1.82, 2.24) is 0 Å². The van der Waals surface area contributed by atoms with Crippen molar-refractivity contribution in [3.05, 3.63) is 242 Å². The maximum absolute atomic E-state index is 7.10. The Morgan fingerprint density at radius 1 is 0.271 bits per heavy atom. The van der Waals surface area contributed by atoms with E-state index in [4.69, 9.17) is 8.83 Å². The van der Waals surface area contributed by atoms with Gasteiger partial charge in [-0.3, -0.25) is 0 Å². The Labute approximate surface area is 404 Å². The van der Waals surface area contributed by atoms with Gasteiger partial charge in [0.05, 0.1) is 22.7 Å². The molecule has 4 nitrogen and oxygen atoms in total. The van der Waals surface area contributed by atoms with E-state index in [0.29, 0.717) is 0 Å². The van der Waals surface area contributed by atoms with Crippen LogP contribution in [0.15, 0.2) is 239 Å². The van der Waals surface area contributed by atoms with E-state index < -0.39 is 0 Å². The van der Waals surface area contributed by atoms with Crippen molar-refractivity contribution in [1.29, 1.82) is 0 Å². The number of aryl methyl sites for hydroxylation is 2. The van der Waals surface area contributed by atoms with E-state index in [2.05, 4.69) is 254 Å². The zero-order valence-corrected chi connectivity index (χ0v) is 38.7. The van der Waals surface area contributed by atoms with Crippen LogP contribution in [0.3, 0.4) is 0 Å². The van der Waals surface area contributed by atoms with Crippen LogP contribution in [0.4, 0.5) is 34.1 Å². The summed E-state index contributed by atoms with van der Waals surface area (Å²) < 4.78 is 14.2. The van der Waals surface area contributed by atoms with Gasteiger partial charge in [0.1, 0.15) is 11.2 Å². The fraction of sp³-hybridized carbons (Fsp3) is 0.0303. The molecule has 0 aliphatic heterocycles. The second-order valence-electron chi connectivity index (χ2n) is 18.5. The molecule has 0 spiro atoms. The summed E-state index contributed by atoms with van der Waals surface area (Å²) in [5.74, 6) is 0. The van der Waals surface area contributed by atoms with Crippen LogP contribution in [-0.2, 0) is 0 Å². The monoisotopic (exact) mass is 896 g/mol. The Morgan fingerprint density at radius 2 is 0.643 bits per heavy atom. The molecule has 2 aromatic heterocycles. The van der Waals surface area contributed by atoms with Crippen molar-refractivity contribution in [2.24, 2.45) is 0 Å². The van der Waals surface area contributed by atoms with Crippen molar-refractivity contribution in [2.45, 2.75) is 13.8 Å². The van der Waals surface area contributed by atoms with Crippen molar-refractivity contribution in [2.75, 3.05) is 9.80 Å². The maximum atomic E-state index is 7.10. The Kier molecular flexibility index (Phi) is 8.99. The van der Waals surface area contributed by atoms with Crippen LogP contribution in [-0.4, -0.2) is 0 Å². The summed E-state index contributed by atoms with van der Waals surface area (Å²) in [7, 11) is 0.